The van der Waals surface area contributed by atoms with Gasteiger partial charge < -0.3 is 5.32 Å². The highest BCUT2D eigenvalue weighted by Gasteiger charge is 2.43. The van der Waals surface area contributed by atoms with Gasteiger partial charge in [0.05, 0.1) is 0 Å². The van der Waals surface area contributed by atoms with Crippen LogP contribution >= 0.6 is 0 Å². The average Bonchev–Trinajstić information content (AvgIpc) is 3.27. The molecule has 3 rings (SSSR count). The number of pyridine rings is 1. The van der Waals surface area contributed by atoms with Crippen molar-refractivity contribution in [1.82, 2.24) is 10.3 Å². The zero-order valence-corrected chi connectivity index (χ0v) is 10.6. The highest BCUT2D eigenvalue weighted by Crippen LogP contribution is 2.47. The van der Waals surface area contributed by atoms with Crippen molar-refractivity contribution in [3.8, 4) is 0 Å². The molecule has 1 heterocycles. The normalized spacial score (nSPS) is 20.8. The molecule has 1 aliphatic rings. The smallest absolute Gasteiger partial charge is 0.224 e. The van der Waals surface area contributed by atoms with E-state index in [1.165, 1.54) is 5.56 Å². The van der Waals surface area contributed by atoms with E-state index < -0.39 is 0 Å². The maximum atomic E-state index is 12.0. The fraction of sp³-hybridized carbons (Fsp3) is 0.250. The van der Waals surface area contributed by atoms with E-state index in [1.807, 2.05) is 30.3 Å². The van der Waals surface area contributed by atoms with Crippen LogP contribution in [-0.4, -0.2) is 10.9 Å². The van der Waals surface area contributed by atoms with E-state index in [0.29, 0.717) is 12.5 Å². The second-order valence-electron chi connectivity index (χ2n) is 4.94. The van der Waals surface area contributed by atoms with E-state index in [2.05, 4.69) is 22.4 Å². The van der Waals surface area contributed by atoms with Gasteiger partial charge in [0.2, 0.25) is 5.91 Å². The molecule has 96 valence electrons. The van der Waals surface area contributed by atoms with E-state index in [-0.39, 0.29) is 11.8 Å². The molecule has 0 radical (unpaired) electrons. The van der Waals surface area contributed by atoms with Crippen molar-refractivity contribution in [1.29, 1.82) is 0 Å². The minimum atomic E-state index is 0.138. The first-order valence-corrected chi connectivity index (χ1v) is 6.56. The predicted molar refractivity (Wildman–Crippen MR) is 73.4 cm³/mol. The second kappa shape index (κ2) is 5.22. The van der Waals surface area contributed by atoms with Gasteiger partial charge in [0.25, 0.3) is 0 Å². The molecule has 0 spiro atoms. The van der Waals surface area contributed by atoms with Crippen LogP contribution in [0.4, 0.5) is 0 Å². The third-order valence-corrected chi connectivity index (χ3v) is 3.54. The number of nitrogens with zero attached hydrogens (tertiary/aromatic N) is 1. The first-order valence-electron chi connectivity index (χ1n) is 6.56. The Hall–Kier alpha value is -2.16. The second-order valence-corrected chi connectivity index (χ2v) is 4.94. The summed E-state index contributed by atoms with van der Waals surface area (Å²) in [5, 5.41) is 2.98. The molecular formula is C16H16N2O. The van der Waals surface area contributed by atoms with Crippen LogP contribution in [0, 0.1) is 5.92 Å². The molecule has 1 fully saturated rings. The molecule has 1 amide bonds. The van der Waals surface area contributed by atoms with E-state index in [0.717, 1.165) is 12.0 Å². The summed E-state index contributed by atoms with van der Waals surface area (Å²) in [5.41, 5.74) is 2.30. The summed E-state index contributed by atoms with van der Waals surface area (Å²) in [7, 11) is 0. The number of hydrogen-bond acceptors (Lipinski definition) is 2. The van der Waals surface area contributed by atoms with Crippen molar-refractivity contribution in [3.63, 3.8) is 0 Å². The molecule has 3 heteroatoms. The molecule has 1 aromatic heterocycles. The third kappa shape index (κ3) is 2.81. The van der Waals surface area contributed by atoms with Gasteiger partial charge in [0.15, 0.2) is 0 Å². The molecule has 1 N–H and O–H groups in total. The summed E-state index contributed by atoms with van der Waals surface area (Å²) in [6.45, 7) is 0.560. The largest absolute Gasteiger partial charge is 0.352 e. The Balaban J connectivity index is 1.53. The van der Waals surface area contributed by atoms with E-state index in [9.17, 15) is 4.79 Å². The number of carbonyl (C=O) groups is 1. The summed E-state index contributed by atoms with van der Waals surface area (Å²) < 4.78 is 0. The van der Waals surface area contributed by atoms with Crippen molar-refractivity contribution in [2.45, 2.75) is 18.9 Å². The maximum absolute atomic E-state index is 12.0. The maximum Gasteiger partial charge on any atom is 0.224 e. The molecule has 0 saturated heterocycles. The Bertz CT molecular complexity index is 553. The van der Waals surface area contributed by atoms with Crippen LogP contribution in [-0.2, 0) is 11.3 Å². The Morgan fingerprint density at radius 1 is 1.21 bits per heavy atom. The van der Waals surface area contributed by atoms with Gasteiger partial charge in [-0.1, -0.05) is 36.4 Å². The Morgan fingerprint density at radius 2 is 2.05 bits per heavy atom. The number of hydrogen-bond donors (Lipinski definition) is 1. The molecule has 1 aromatic carbocycles. The SMILES string of the molecule is O=C(NCc1cccnc1)[C@@H]1C[C@H]1c1ccccc1. The van der Waals surface area contributed by atoms with Gasteiger partial charge in [-0.15, -0.1) is 0 Å². The number of benzene rings is 1. The quantitative estimate of drug-likeness (QED) is 0.908. The highest BCUT2D eigenvalue weighted by molar-refractivity contribution is 5.82. The van der Waals surface area contributed by atoms with Crippen LogP contribution in [0.2, 0.25) is 0 Å². The molecule has 2 atom stereocenters. The van der Waals surface area contributed by atoms with Crippen molar-refractivity contribution in [2.24, 2.45) is 5.92 Å². The zero-order valence-electron chi connectivity index (χ0n) is 10.6. The molecule has 3 nitrogen and oxygen atoms in total. The summed E-state index contributed by atoms with van der Waals surface area (Å²) >= 11 is 0. The molecule has 1 aliphatic carbocycles. The van der Waals surface area contributed by atoms with E-state index in [1.54, 1.807) is 12.4 Å². The minimum absolute atomic E-state index is 0.138. The summed E-state index contributed by atoms with van der Waals surface area (Å²) in [6, 6.07) is 14.1. The molecule has 1 saturated carbocycles. The van der Waals surface area contributed by atoms with Crippen molar-refractivity contribution in [3.05, 3.63) is 66.0 Å². The van der Waals surface area contributed by atoms with E-state index in [4.69, 9.17) is 0 Å². The topological polar surface area (TPSA) is 42.0 Å². The highest BCUT2D eigenvalue weighted by atomic mass is 16.2. The molecule has 2 aromatic rings. The molecule has 19 heavy (non-hydrogen) atoms. The lowest BCUT2D eigenvalue weighted by atomic mass is 10.1. The van der Waals surface area contributed by atoms with Gasteiger partial charge >= 0.3 is 0 Å². The summed E-state index contributed by atoms with van der Waals surface area (Å²) in [4.78, 5) is 16.1. The lowest BCUT2D eigenvalue weighted by Crippen LogP contribution is -2.24. The van der Waals surface area contributed by atoms with Crippen LogP contribution in [0.15, 0.2) is 54.9 Å². The van der Waals surface area contributed by atoms with Crippen LogP contribution in [0.1, 0.15) is 23.5 Å². The van der Waals surface area contributed by atoms with Gasteiger partial charge in [-0.05, 0) is 29.5 Å². The standard InChI is InChI=1S/C16H16N2O/c19-16(18-11-12-5-4-8-17-10-12)15-9-14(15)13-6-2-1-3-7-13/h1-8,10,14-15H,9,11H2,(H,18,19)/t14-,15+/m0/s1. The Morgan fingerprint density at radius 3 is 2.79 bits per heavy atom. The van der Waals surface area contributed by atoms with Gasteiger partial charge in [-0.2, -0.15) is 0 Å². The predicted octanol–water partition coefficient (Wildman–Crippen LogP) is 2.50. The van der Waals surface area contributed by atoms with Gasteiger partial charge in [0.1, 0.15) is 0 Å². The molecule has 0 bridgehead atoms. The first kappa shape index (κ1) is 11.9. The molecular weight excluding hydrogens is 236 g/mol. The minimum Gasteiger partial charge on any atom is -0.352 e. The number of aromatic nitrogens is 1. The molecule has 0 unspecified atom stereocenters. The van der Waals surface area contributed by atoms with Crippen LogP contribution < -0.4 is 5.32 Å². The fourth-order valence-electron chi connectivity index (χ4n) is 2.38. The van der Waals surface area contributed by atoms with Crippen molar-refractivity contribution < 1.29 is 4.79 Å². The number of nitrogens with one attached hydrogen (secondary N) is 1. The van der Waals surface area contributed by atoms with Gasteiger partial charge in [-0.25, -0.2) is 0 Å². The average molecular weight is 252 g/mol. The lowest BCUT2D eigenvalue weighted by molar-refractivity contribution is -0.122. The summed E-state index contributed by atoms with van der Waals surface area (Å²) in [5.74, 6) is 0.687. The molecule has 0 aliphatic heterocycles. The van der Waals surface area contributed by atoms with Crippen molar-refractivity contribution in [2.75, 3.05) is 0 Å². The van der Waals surface area contributed by atoms with Crippen LogP contribution in [0.5, 0.6) is 0 Å². The fourth-order valence-corrected chi connectivity index (χ4v) is 2.38. The number of amides is 1. The summed E-state index contributed by atoms with van der Waals surface area (Å²) in [6.07, 6.45) is 4.47. The Kier molecular flexibility index (Phi) is 3.27. The van der Waals surface area contributed by atoms with E-state index >= 15 is 0 Å². The first-order chi connectivity index (χ1) is 9.34. The Labute approximate surface area is 112 Å². The lowest BCUT2D eigenvalue weighted by Gasteiger charge is -2.04. The van der Waals surface area contributed by atoms with Crippen LogP contribution in [0.25, 0.3) is 0 Å². The monoisotopic (exact) mass is 252 g/mol. The van der Waals surface area contributed by atoms with Gasteiger partial charge in [-0.3, -0.25) is 9.78 Å². The number of rotatable bonds is 4. The zero-order chi connectivity index (χ0) is 13.1. The van der Waals surface area contributed by atoms with Crippen molar-refractivity contribution >= 4 is 5.91 Å². The van der Waals surface area contributed by atoms with Crippen LogP contribution in [0.3, 0.4) is 0 Å². The third-order valence-electron chi connectivity index (χ3n) is 3.54. The number of carbonyl (C=O) groups excluding carboxylic acids is 1. The van der Waals surface area contributed by atoms with Gasteiger partial charge in [0, 0.05) is 24.9 Å².